The molecule has 1 aliphatic heterocycles. The zero-order chi connectivity index (χ0) is 21.6. The van der Waals surface area contributed by atoms with Crippen molar-refractivity contribution in [3.63, 3.8) is 0 Å². The van der Waals surface area contributed by atoms with Crippen molar-refractivity contribution in [3.8, 4) is 5.75 Å². The molecule has 3 rings (SSSR count). The van der Waals surface area contributed by atoms with Gasteiger partial charge in [-0.3, -0.25) is 0 Å². The van der Waals surface area contributed by atoms with Crippen LogP contribution in [0.4, 0.5) is 0 Å². The second-order valence-corrected chi connectivity index (χ2v) is 7.58. The van der Waals surface area contributed by atoms with Crippen molar-refractivity contribution < 1.29 is 14.2 Å². The maximum absolute atomic E-state index is 6.04. The van der Waals surface area contributed by atoms with Crippen LogP contribution < -0.4 is 15.4 Å². The van der Waals surface area contributed by atoms with E-state index in [9.17, 15) is 0 Å². The van der Waals surface area contributed by atoms with Gasteiger partial charge in [-0.15, -0.1) is 0 Å². The largest absolute Gasteiger partial charge is 0.494 e. The molecule has 0 atom stereocenters. The molecule has 6 heteroatoms. The van der Waals surface area contributed by atoms with Crippen LogP contribution in [0.5, 0.6) is 5.75 Å². The van der Waals surface area contributed by atoms with Crippen molar-refractivity contribution in [1.29, 1.82) is 0 Å². The van der Waals surface area contributed by atoms with E-state index in [0.29, 0.717) is 25.9 Å². The zero-order valence-corrected chi connectivity index (χ0v) is 18.5. The van der Waals surface area contributed by atoms with E-state index in [1.807, 2.05) is 30.3 Å². The molecule has 168 valence electrons. The summed E-state index contributed by atoms with van der Waals surface area (Å²) in [5.74, 6) is 1.73. The molecule has 0 saturated carbocycles. The number of guanidine groups is 1. The molecule has 31 heavy (non-hydrogen) atoms. The zero-order valence-electron chi connectivity index (χ0n) is 18.5. The quantitative estimate of drug-likeness (QED) is 0.325. The number of para-hydroxylation sites is 1. The summed E-state index contributed by atoms with van der Waals surface area (Å²) in [7, 11) is 0. The minimum atomic E-state index is 0.311. The second kappa shape index (κ2) is 13.7. The van der Waals surface area contributed by atoms with E-state index in [-0.39, 0.29) is 0 Å². The Labute approximate surface area is 186 Å². The minimum absolute atomic E-state index is 0.311. The lowest BCUT2D eigenvalue weighted by atomic mass is 10.1. The highest BCUT2D eigenvalue weighted by atomic mass is 16.5. The molecule has 0 unspecified atom stereocenters. The van der Waals surface area contributed by atoms with Gasteiger partial charge in [0, 0.05) is 26.3 Å². The van der Waals surface area contributed by atoms with Crippen LogP contribution in [0, 0.1) is 0 Å². The van der Waals surface area contributed by atoms with Gasteiger partial charge in [0.2, 0.25) is 0 Å². The molecular formula is C25H35N3O3. The van der Waals surface area contributed by atoms with Crippen LogP contribution in [-0.4, -0.2) is 45.0 Å². The van der Waals surface area contributed by atoms with Gasteiger partial charge in [-0.1, -0.05) is 42.5 Å². The summed E-state index contributed by atoms with van der Waals surface area (Å²) in [6.07, 6.45) is 3.18. The number of benzene rings is 2. The number of rotatable bonds is 11. The van der Waals surface area contributed by atoms with E-state index >= 15 is 0 Å². The molecule has 0 spiro atoms. The molecule has 0 amide bonds. The van der Waals surface area contributed by atoms with E-state index in [4.69, 9.17) is 19.2 Å². The van der Waals surface area contributed by atoms with Gasteiger partial charge in [0.1, 0.15) is 5.75 Å². The average Bonchev–Trinajstić information content (AvgIpc) is 2.82. The third-order valence-electron chi connectivity index (χ3n) is 5.03. The van der Waals surface area contributed by atoms with Gasteiger partial charge in [0.25, 0.3) is 0 Å². The smallest absolute Gasteiger partial charge is 0.191 e. The van der Waals surface area contributed by atoms with Crippen molar-refractivity contribution in [2.75, 3.05) is 32.9 Å². The van der Waals surface area contributed by atoms with Gasteiger partial charge in [-0.05, 0) is 49.4 Å². The number of aliphatic imine (C=N–C) groups is 1. The Bertz CT molecular complexity index is 777. The molecular weight excluding hydrogens is 390 g/mol. The van der Waals surface area contributed by atoms with Crippen molar-refractivity contribution in [1.82, 2.24) is 10.6 Å². The van der Waals surface area contributed by atoms with Crippen molar-refractivity contribution in [2.24, 2.45) is 4.99 Å². The molecule has 0 radical (unpaired) electrons. The molecule has 1 aliphatic rings. The summed E-state index contributed by atoms with van der Waals surface area (Å²) in [4.78, 5) is 4.73. The third kappa shape index (κ3) is 8.99. The van der Waals surface area contributed by atoms with Gasteiger partial charge in [0.15, 0.2) is 5.96 Å². The third-order valence-corrected chi connectivity index (χ3v) is 5.03. The average molecular weight is 426 g/mol. The van der Waals surface area contributed by atoms with Crippen LogP contribution >= 0.6 is 0 Å². The maximum atomic E-state index is 6.04. The molecule has 2 aromatic carbocycles. The fourth-order valence-corrected chi connectivity index (χ4v) is 3.37. The van der Waals surface area contributed by atoms with Crippen LogP contribution in [0.25, 0.3) is 0 Å². The molecule has 1 fully saturated rings. The number of hydrogen-bond acceptors (Lipinski definition) is 4. The Kier molecular flexibility index (Phi) is 10.2. The van der Waals surface area contributed by atoms with Crippen molar-refractivity contribution in [3.05, 3.63) is 65.7 Å². The molecule has 2 aromatic rings. The predicted molar refractivity (Wildman–Crippen MR) is 124 cm³/mol. The van der Waals surface area contributed by atoms with Crippen molar-refractivity contribution >= 4 is 5.96 Å². The first-order chi connectivity index (χ1) is 15.3. The molecule has 2 N–H and O–H groups in total. The molecule has 0 bridgehead atoms. The highest BCUT2D eigenvalue weighted by Crippen LogP contribution is 2.14. The SMILES string of the molecule is CCNC(=NCc1cccc(COC2CCOCC2)c1)NCCCOc1ccccc1. The first-order valence-electron chi connectivity index (χ1n) is 11.3. The predicted octanol–water partition coefficient (Wildman–Crippen LogP) is 3.91. The van der Waals surface area contributed by atoms with Gasteiger partial charge >= 0.3 is 0 Å². The first-order valence-corrected chi connectivity index (χ1v) is 11.3. The summed E-state index contributed by atoms with van der Waals surface area (Å²) < 4.78 is 17.2. The fraction of sp³-hybridized carbons (Fsp3) is 0.480. The summed E-state index contributed by atoms with van der Waals surface area (Å²) >= 11 is 0. The standard InChI is InChI=1S/C25H35N3O3/c1-2-26-25(27-14-7-15-30-23-10-4-3-5-11-23)28-19-21-8-6-9-22(18-21)20-31-24-12-16-29-17-13-24/h3-6,8-11,18,24H,2,7,12-17,19-20H2,1H3,(H2,26,27,28). The highest BCUT2D eigenvalue weighted by Gasteiger charge is 2.14. The molecule has 0 aliphatic carbocycles. The van der Waals surface area contributed by atoms with E-state index in [2.05, 4.69) is 41.8 Å². The van der Waals surface area contributed by atoms with Crippen LogP contribution in [0.15, 0.2) is 59.6 Å². The van der Waals surface area contributed by atoms with E-state index in [1.54, 1.807) is 0 Å². The molecule has 6 nitrogen and oxygen atoms in total. The lowest BCUT2D eigenvalue weighted by Crippen LogP contribution is -2.38. The number of nitrogens with zero attached hydrogens (tertiary/aromatic N) is 1. The van der Waals surface area contributed by atoms with Crippen LogP contribution in [0.3, 0.4) is 0 Å². The van der Waals surface area contributed by atoms with E-state index in [1.165, 1.54) is 11.1 Å². The Morgan fingerprint density at radius 3 is 2.65 bits per heavy atom. The first kappa shape index (κ1) is 23.1. The fourth-order valence-electron chi connectivity index (χ4n) is 3.37. The van der Waals surface area contributed by atoms with E-state index in [0.717, 1.165) is 57.3 Å². The monoisotopic (exact) mass is 425 g/mol. The lowest BCUT2D eigenvalue weighted by molar-refractivity contribution is -0.0390. The summed E-state index contributed by atoms with van der Waals surface area (Å²) in [6, 6.07) is 18.4. The number of nitrogens with one attached hydrogen (secondary N) is 2. The second-order valence-electron chi connectivity index (χ2n) is 7.58. The Balaban J connectivity index is 1.41. The molecule has 1 saturated heterocycles. The van der Waals surface area contributed by atoms with Gasteiger partial charge in [-0.25, -0.2) is 4.99 Å². The minimum Gasteiger partial charge on any atom is -0.494 e. The van der Waals surface area contributed by atoms with Gasteiger partial charge in [-0.2, -0.15) is 0 Å². The molecule has 0 aromatic heterocycles. The Morgan fingerprint density at radius 2 is 1.84 bits per heavy atom. The Morgan fingerprint density at radius 1 is 1.03 bits per heavy atom. The molecule has 1 heterocycles. The summed E-state index contributed by atoms with van der Waals surface area (Å²) in [5.41, 5.74) is 2.37. The highest BCUT2D eigenvalue weighted by molar-refractivity contribution is 5.79. The van der Waals surface area contributed by atoms with Crippen LogP contribution in [0.1, 0.15) is 37.3 Å². The van der Waals surface area contributed by atoms with E-state index < -0.39 is 0 Å². The maximum Gasteiger partial charge on any atom is 0.191 e. The van der Waals surface area contributed by atoms with Crippen LogP contribution in [0.2, 0.25) is 0 Å². The summed E-state index contributed by atoms with van der Waals surface area (Å²) in [6.45, 7) is 7.25. The number of ether oxygens (including phenoxy) is 3. The number of hydrogen-bond donors (Lipinski definition) is 2. The van der Waals surface area contributed by atoms with Gasteiger partial charge in [0.05, 0.1) is 25.9 Å². The normalized spacial score (nSPS) is 14.9. The van der Waals surface area contributed by atoms with Crippen LogP contribution in [-0.2, 0) is 22.6 Å². The van der Waals surface area contributed by atoms with Gasteiger partial charge < -0.3 is 24.8 Å². The topological polar surface area (TPSA) is 64.1 Å². The Hall–Kier alpha value is -2.57. The lowest BCUT2D eigenvalue weighted by Gasteiger charge is -2.22. The van der Waals surface area contributed by atoms with Crippen molar-refractivity contribution in [2.45, 2.75) is 45.4 Å². The summed E-state index contributed by atoms with van der Waals surface area (Å²) in [5, 5.41) is 6.69.